The van der Waals surface area contributed by atoms with Crippen molar-refractivity contribution in [3.05, 3.63) is 58.7 Å². The number of rotatable bonds is 0. The first kappa shape index (κ1) is 13.1. The summed E-state index contributed by atoms with van der Waals surface area (Å²) in [7, 11) is 0. The maximum absolute atomic E-state index is 9.56. The van der Waals surface area contributed by atoms with Crippen LogP contribution in [0.25, 0.3) is 21.5 Å². The molecule has 4 heteroatoms. The molecule has 0 saturated heterocycles. The molecule has 0 aliphatic rings. The van der Waals surface area contributed by atoms with E-state index in [1.54, 1.807) is 30.3 Å². The summed E-state index contributed by atoms with van der Waals surface area (Å²) in [6, 6.07) is 18.5. The number of nitrogens with zero attached hydrogens (tertiary/aromatic N) is 4. The second-order valence-corrected chi connectivity index (χ2v) is 4.65. The smallest absolute Gasteiger partial charge is 0.101 e. The second kappa shape index (κ2) is 4.92. The quantitative estimate of drug-likeness (QED) is 0.588. The van der Waals surface area contributed by atoms with E-state index < -0.39 is 0 Å². The van der Waals surface area contributed by atoms with Crippen molar-refractivity contribution in [2.24, 2.45) is 0 Å². The number of nitriles is 4. The Bertz CT molecular complexity index is 1110. The molecule has 98 valence electrons. The summed E-state index contributed by atoms with van der Waals surface area (Å²) in [5.74, 6) is 0. The first-order chi connectivity index (χ1) is 10.8. The Morgan fingerprint density at radius 1 is 0.545 bits per heavy atom. The molecule has 0 spiro atoms. The van der Waals surface area contributed by atoms with E-state index in [0.29, 0.717) is 32.7 Å². The fourth-order valence-corrected chi connectivity index (χ4v) is 2.72. The summed E-state index contributed by atoms with van der Waals surface area (Å²) in [5, 5.41) is 39.8. The van der Waals surface area contributed by atoms with Gasteiger partial charge in [0.1, 0.15) is 24.3 Å². The zero-order chi connectivity index (χ0) is 15.7. The maximum Gasteiger partial charge on any atom is 0.101 e. The van der Waals surface area contributed by atoms with Crippen molar-refractivity contribution in [1.29, 1.82) is 21.0 Å². The SMILES string of the molecule is N#Cc1ccc2c(C#N)c3ccccc3c(C#N)c2c1C#N. The summed E-state index contributed by atoms with van der Waals surface area (Å²) in [6.45, 7) is 0. The van der Waals surface area contributed by atoms with Crippen LogP contribution in [0.5, 0.6) is 0 Å². The van der Waals surface area contributed by atoms with E-state index in [9.17, 15) is 15.8 Å². The highest BCUT2D eigenvalue weighted by atomic mass is 14.3. The zero-order valence-corrected chi connectivity index (χ0v) is 11.3. The molecule has 0 radical (unpaired) electrons. The first-order valence-electron chi connectivity index (χ1n) is 6.38. The zero-order valence-electron chi connectivity index (χ0n) is 11.3. The average molecular weight is 278 g/mol. The number of benzene rings is 3. The monoisotopic (exact) mass is 278 g/mol. The average Bonchev–Trinajstić information content (AvgIpc) is 2.58. The van der Waals surface area contributed by atoms with E-state index in [2.05, 4.69) is 12.1 Å². The van der Waals surface area contributed by atoms with Gasteiger partial charge >= 0.3 is 0 Å². The predicted molar refractivity (Wildman–Crippen MR) is 80.3 cm³/mol. The summed E-state index contributed by atoms with van der Waals surface area (Å²) >= 11 is 0. The van der Waals surface area contributed by atoms with Gasteiger partial charge in [0.2, 0.25) is 0 Å². The van der Waals surface area contributed by atoms with Crippen LogP contribution >= 0.6 is 0 Å². The molecule has 0 atom stereocenters. The van der Waals surface area contributed by atoms with Crippen LogP contribution in [0.1, 0.15) is 22.3 Å². The van der Waals surface area contributed by atoms with Crippen LogP contribution in [-0.4, -0.2) is 0 Å². The highest BCUT2D eigenvalue weighted by molar-refractivity contribution is 6.11. The molecule has 0 bridgehead atoms. The molecular weight excluding hydrogens is 272 g/mol. The molecule has 0 aliphatic carbocycles. The molecule has 3 aromatic carbocycles. The lowest BCUT2D eigenvalue weighted by atomic mass is 9.89. The van der Waals surface area contributed by atoms with E-state index >= 15 is 0 Å². The van der Waals surface area contributed by atoms with Gasteiger partial charge in [-0.2, -0.15) is 21.0 Å². The van der Waals surface area contributed by atoms with Crippen LogP contribution in [0.4, 0.5) is 0 Å². The van der Waals surface area contributed by atoms with Crippen LogP contribution in [0.15, 0.2) is 36.4 Å². The van der Waals surface area contributed by atoms with Gasteiger partial charge in [-0.1, -0.05) is 30.3 Å². The van der Waals surface area contributed by atoms with Gasteiger partial charge in [-0.3, -0.25) is 0 Å². The van der Waals surface area contributed by atoms with Crippen LogP contribution in [-0.2, 0) is 0 Å². The summed E-state index contributed by atoms with van der Waals surface area (Å²) in [4.78, 5) is 0. The molecule has 4 nitrogen and oxygen atoms in total. The fourth-order valence-electron chi connectivity index (χ4n) is 2.72. The maximum atomic E-state index is 9.56. The van der Waals surface area contributed by atoms with Gasteiger partial charge in [0.15, 0.2) is 0 Å². The number of hydrogen-bond acceptors (Lipinski definition) is 4. The van der Waals surface area contributed by atoms with Gasteiger partial charge in [0.05, 0.1) is 22.3 Å². The van der Waals surface area contributed by atoms with Gasteiger partial charge < -0.3 is 0 Å². The summed E-state index contributed by atoms with van der Waals surface area (Å²) in [6.07, 6.45) is 0. The van der Waals surface area contributed by atoms with E-state index in [4.69, 9.17) is 5.26 Å². The van der Waals surface area contributed by atoms with Gasteiger partial charge in [-0.05, 0) is 6.07 Å². The molecule has 0 saturated carbocycles. The third-order valence-corrected chi connectivity index (χ3v) is 3.65. The lowest BCUT2D eigenvalue weighted by molar-refractivity contribution is 1.44. The topological polar surface area (TPSA) is 95.2 Å². The van der Waals surface area contributed by atoms with Crippen molar-refractivity contribution < 1.29 is 0 Å². The molecule has 0 aromatic heterocycles. The highest BCUT2D eigenvalue weighted by Crippen LogP contribution is 2.35. The Labute approximate surface area is 126 Å². The Kier molecular flexibility index (Phi) is 2.94. The van der Waals surface area contributed by atoms with Gasteiger partial charge in [-0.25, -0.2) is 0 Å². The number of fused-ring (bicyclic) bond motifs is 2. The van der Waals surface area contributed by atoms with Crippen LogP contribution in [0.3, 0.4) is 0 Å². The van der Waals surface area contributed by atoms with E-state index in [1.165, 1.54) is 6.07 Å². The molecule has 0 N–H and O–H groups in total. The standard InChI is InChI=1S/C18H6N4/c19-7-11-5-6-14-16(9-21)12-3-1-2-4-13(12)17(10-22)18(14)15(11)8-20/h1-6H. The van der Waals surface area contributed by atoms with Crippen molar-refractivity contribution in [2.45, 2.75) is 0 Å². The van der Waals surface area contributed by atoms with E-state index in [0.717, 1.165) is 0 Å². The largest absolute Gasteiger partial charge is 0.192 e. The Balaban J connectivity index is 2.78. The van der Waals surface area contributed by atoms with Crippen LogP contribution in [0, 0.1) is 45.3 Å². The van der Waals surface area contributed by atoms with Gasteiger partial charge in [0.25, 0.3) is 0 Å². The summed E-state index contributed by atoms with van der Waals surface area (Å²) in [5.41, 5.74) is 1.06. The second-order valence-electron chi connectivity index (χ2n) is 4.65. The lowest BCUT2D eigenvalue weighted by Crippen LogP contribution is -1.95. The first-order valence-corrected chi connectivity index (χ1v) is 6.38. The van der Waals surface area contributed by atoms with Crippen molar-refractivity contribution in [3.8, 4) is 24.3 Å². The Hall–Kier alpha value is -3.86. The molecule has 0 fully saturated rings. The minimum Gasteiger partial charge on any atom is -0.192 e. The van der Waals surface area contributed by atoms with Crippen LogP contribution in [0.2, 0.25) is 0 Å². The third-order valence-electron chi connectivity index (χ3n) is 3.65. The minimum absolute atomic E-state index is 0.138. The van der Waals surface area contributed by atoms with Gasteiger partial charge in [0, 0.05) is 21.5 Å². The van der Waals surface area contributed by atoms with Crippen LogP contribution < -0.4 is 0 Å². The Morgan fingerprint density at radius 2 is 1.14 bits per heavy atom. The highest BCUT2D eigenvalue weighted by Gasteiger charge is 2.18. The minimum atomic E-state index is 0.138. The molecule has 3 aromatic rings. The van der Waals surface area contributed by atoms with Crippen molar-refractivity contribution in [1.82, 2.24) is 0 Å². The molecular formula is C18H6N4. The van der Waals surface area contributed by atoms with E-state index in [1.807, 2.05) is 12.1 Å². The third kappa shape index (κ3) is 1.60. The normalized spacial score (nSPS) is 9.64. The Morgan fingerprint density at radius 3 is 1.68 bits per heavy atom. The van der Waals surface area contributed by atoms with E-state index in [-0.39, 0.29) is 11.1 Å². The number of hydrogen-bond donors (Lipinski definition) is 0. The molecule has 22 heavy (non-hydrogen) atoms. The fraction of sp³-hybridized carbons (Fsp3) is 0. The molecule has 0 aliphatic heterocycles. The molecule has 3 rings (SSSR count). The molecule has 0 unspecified atom stereocenters. The predicted octanol–water partition coefficient (Wildman–Crippen LogP) is 3.48. The lowest BCUT2D eigenvalue weighted by Gasteiger charge is -2.10. The van der Waals surface area contributed by atoms with Gasteiger partial charge in [-0.15, -0.1) is 0 Å². The molecule has 0 heterocycles. The van der Waals surface area contributed by atoms with Crippen molar-refractivity contribution in [2.75, 3.05) is 0 Å². The summed E-state index contributed by atoms with van der Waals surface area (Å²) < 4.78 is 0. The van der Waals surface area contributed by atoms with Crippen molar-refractivity contribution in [3.63, 3.8) is 0 Å². The van der Waals surface area contributed by atoms with Crippen molar-refractivity contribution >= 4 is 21.5 Å². The molecule has 0 amide bonds.